The molecule has 24 heavy (non-hydrogen) atoms. The Kier molecular flexibility index (Phi) is 6.07. The molecule has 0 radical (unpaired) electrons. The van der Waals surface area contributed by atoms with E-state index in [1.54, 1.807) is 0 Å². The smallest absolute Gasteiger partial charge is 0.136 e. The molecule has 2 atom stereocenters. The third-order valence-electron chi connectivity index (χ3n) is 4.00. The van der Waals surface area contributed by atoms with Crippen molar-refractivity contribution in [2.75, 3.05) is 0 Å². The summed E-state index contributed by atoms with van der Waals surface area (Å²) >= 11 is -1.18. The minimum atomic E-state index is -1.18. The molecule has 0 aliphatic heterocycles. The Bertz CT molecular complexity index is 665. The van der Waals surface area contributed by atoms with Gasteiger partial charge in [0.1, 0.15) is 10.8 Å². The number of hydrogen-bond acceptors (Lipinski definition) is 3. The van der Waals surface area contributed by atoms with E-state index in [2.05, 4.69) is 36.5 Å². The maximum Gasteiger partial charge on any atom is 0.136 e. The van der Waals surface area contributed by atoms with Crippen molar-refractivity contribution >= 4 is 11.4 Å². The Balaban J connectivity index is 2.41. The van der Waals surface area contributed by atoms with Gasteiger partial charge in [-0.15, -0.1) is 4.72 Å². The van der Waals surface area contributed by atoms with Crippen LogP contribution in [0.1, 0.15) is 69.0 Å². The second-order valence-corrected chi connectivity index (χ2v) is 9.46. The summed E-state index contributed by atoms with van der Waals surface area (Å²) in [4.78, 5) is 4.68. The highest BCUT2D eigenvalue weighted by Gasteiger charge is 2.31. The van der Waals surface area contributed by atoms with Crippen molar-refractivity contribution in [1.82, 2.24) is 9.71 Å². The van der Waals surface area contributed by atoms with E-state index < -0.39 is 11.4 Å². The van der Waals surface area contributed by atoms with Gasteiger partial charge in [0.05, 0.1) is 5.69 Å². The zero-order chi connectivity index (χ0) is 17.9. The van der Waals surface area contributed by atoms with Crippen LogP contribution in [0.5, 0.6) is 0 Å². The Morgan fingerprint density at radius 2 is 1.75 bits per heavy atom. The van der Waals surface area contributed by atoms with Gasteiger partial charge in [0.2, 0.25) is 0 Å². The van der Waals surface area contributed by atoms with E-state index in [-0.39, 0.29) is 10.8 Å². The summed E-state index contributed by atoms with van der Waals surface area (Å²) in [6.07, 6.45) is 1.95. The quantitative estimate of drug-likeness (QED) is 0.803. The second kappa shape index (κ2) is 7.68. The van der Waals surface area contributed by atoms with Crippen LogP contribution in [0.3, 0.4) is 0 Å². The maximum absolute atomic E-state index is 12.7. The highest BCUT2D eigenvalue weighted by molar-refractivity contribution is 7.90. The normalized spacial score (nSPS) is 14.7. The molecule has 4 heteroatoms. The first-order chi connectivity index (χ1) is 11.2. The minimum absolute atomic E-state index is 0.189. The number of hydrogen-bond donors (Lipinski definition) is 1. The summed E-state index contributed by atoms with van der Waals surface area (Å²) < 4.78 is 15.6. The number of nitrogens with zero attached hydrogens (tertiary/aromatic N) is 1. The lowest BCUT2D eigenvalue weighted by Crippen LogP contribution is -2.41. The number of aromatic nitrogens is 1. The van der Waals surface area contributed by atoms with E-state index in [1.165, 1.54) is 11.1 Å². The van der Waals surface area contributed by atoms with Gasteiger partial charge in [-0.3, -0.25) is 4.98 Å². The molecule has 0 spiro atoms. The zero-order valence-corrected chi connectivity index (χ0v) is 16.3. The third-order valence-corrected chi connectivity index (χ3v) is 5.57. The van der Waals surface area contributed by atoms with Gasteiger partial charge < -0.3 is 4.55 Å². The molecule has 0 fully saturated rings. The standard InChI is InChI=1S/C20H28N2OS/c1-14(2)17-13-21-18(12-15(17)3)19(16-10-8-7-9-11-16)22-24(23)20(4,5)6/h7-14,19,22H,1-6H3/t19-,24+/m0/s1. The Hall–Kier alpha value is -1.36. The van der Waals surface area contributed by atoms with Gasteiger partial charge >= 0.3 is 0 Å². The predicted molar refractivity (Wildman–Crippen MR) is 102 cm³/mol. The van der Waals surface area contributed by atoms with Crippen LogP contribution in [0.4, 0.5) is 0 Å². The fraction of sp³-hybridized carbons (Fsp3) is 0.450. The lowest BCUT2D eigenvalue weighted by molar-refractivity contribution is 0.534. The second-order valence-electron chi connectivity index (χ2n) is 7.46. The minimum Gasteiger partial charge on any atom is -0.598 e. The van der Waals surface area contributed by atoms with Gasteiger partial charge in [0.15, 0.2) is 0 Å². The molecule has 1 aromatic carbocycles. The Morgan fingerprint density at radius 1 is 1.12 bits per heavy atom. The molecule has 0 unspecified atom stereocenters. The summed E-state index contributed by atoms with van der Waals surface area (Å²) in [5, 5.41) is 0. The van der Waals surface area contributed by atoms with Crippen LogP contribution >= 0.6 is 0 Å². The van der Waals surface area contributed by atoms with E-state index >= 15 is 0 Å². The molecule has 0 amide bonds. The van der Waals surface area contributed by atoms with Gasteiger partial charge in [-0.05, 0) is 56.4 Å². The van der Waals surface area contributed by atoms with Crippen LogP contribution in [-0.2, 0) is 11.4 Å². The van der Waals surface area contributed by atoms with E-state index in [0.717, 1.165) is 11.3 Å². The topological polar surface area (TPSA) is 48.0 Å². The number of benzene rings is 1. The molecular formula is C20H28N2OS. The van der Waals surface area contributed by atoms with Crippen LogP contribution < -0.4 is 4.72 Å². The molecule has 2 rings (SSSR count). The monoisotopic (exact) mass is 344 g/mol. The van der Waals surface area contributed by atoms with E-state index in [0.29, 0.717) is 5.92 Å². The zero-order valence-electron chi connectivity index (χ0n) is 15.5. The lowest BCUT2D eigenvalue weighted by atomic mass is 9.97. The molecular weight excluding hydrogens is 316 g/mol. The molecule has 3 nitrogen and oxygen atoms in total. The molecule has 130 valence electrons. The van der Waals surface area contributed by atoms with Gasteiger partial charge in [-0.1, -0.05) is 44.2 Å². The van der Waals surface area contributed by atoms with Crippen molar-refractivity contribution in [1.29, 1.82) is 0 Å². The predicted octanol–water partition coefficient (Wildman–Crippen LogP) is 4.65. The van der Waals surface area contributed by atoms with Crippen LogP contribution in [0.25, 0.3) is 0 Å². The Morgan fingerprint density at radius 3 is 2.25 bits per heavy atom. The van der Waals surface area contributed by atoms with Crippen molar-refractivity contribution in [3.8, 4) is 0 Å². The molecule has 0 aliphatic rings. The molecule has 0 saturated heterocycles. The molecule has 1 N–H and O–H groups in total. The first kappa shape index (κ1) is 19.0. The SMILES string of the molecule is Cc1cc([C@@H](N[S@+]([O-])C(C)(C)C)c2ccccc2)ncc1C(C)C. The van der Waals surface area contributed by atoms with Crippen molar-refractivity contribution in [3.63, 3.8) is 0 Å². The van der Waals surface area contributed by atoms with Crippen molar-refractivity contribution in [2.45, 2.75) is 58.2 Å². The van der Waals surface area contributed by atoms with Crippen molar-refractivity contribution in [3.05, 3.63) is 65.0 Å². The van der Waals surface area contributed by atoms with Crippen molar-refractivity contribution in [2.24, 2.45) is 0 Å². The van der Waals surface area contributed by atoms with Gasteiger partial charge in [-0.25, -0.2) is 0 Å². The number of rotatable bonds is 5. The first-order valence-electron chi connectivity index (χ1n) is 8.39. The molecule has 0 saturated carbocycles. The first-order valence-corrected chi connectivity index (χ1v) is 9.54. The average molecular weight is 345 g/mol. The Labute approximate surface area is 149 Å². The third kappa shape index (κ3) is 4.59. The number of aryl methyl sites for hydroxylation is 1. The fourth-order valence-corrected chi connectivity index (χ4v) is 3.40. The van der Waals surface area contributed by atoms with Crippen LogP contribution in [0.15, 0.2) is 42.6 Å². The van der Waals surface area contributed by atoms with Crippen LogP contribution in [0.2, 0.25) is 0 Å². The number of pyridine rings is 1. The van der Waals surface area contributed by atoms with Crippen LogP contribution in [0, 0.1) is 6.92 Å². The highest BCUT2D eigenvalue weighted by atomic mass is 32.2. The van der Waals surface area contributed by atoms with E-state index in [9.17, 15) is 4.55 Å². The largest absolute Gasteiger partial charge is 0.598 e. The molecule has 2 aromatic rings. The fourth-order valence-electron chi connectivity index (χ4n) is 2.58. The van der Waals surface area contributed by atoms with Crippen molar-refractivity contribution < 1.29 is 4.55 Å². The summed E-state index contributed by atoms with van der Waals surface area (Å²) in [6.45, 7) is 12.4. The average Bonchev–Trinajstić information content (AvgIpc) is 2.51. The van der Waals surface area contributed by atoms with E-state index in [1.807, 2.05) is 57.3 Å². The van der Waals surface area contributed by atoms with Crippen LogP contribution in [-0.4, -0.2) is 14.3 Å². The highest BCUT2D eigenvalue weighted by Crippen LogP contribution is 2.27. The summed E-state index contributed by atoms with van der Waals surface area (Å²) in [6, 6.07) is 12.0. The summed E-state index contributed by atoms with van der Waals surface area (Å²) in [7, 11) is 0. The molecule has 1 aromatic heterocycles. The molecule has 0 bridgehead atoms. The summed E-state index contributed by atoms with van der Waals surface area (Å²) in [5.74, 6) is 0.443. The van der Waals surface area contributed by atoms with Gasteiger partial charge in [-0.2, -0.15) is 0 Å². The molecule has 1 heterocycles. The van der Waals surface area contributed by atoms with Gasteiger partial charge in [0, 0.05) is 17.6 Å². The number of nitrogens with one attached hydrogen (secondary N) is 1. The maximum atomic E-state index is 12.7. The van der Waals surface area contributed by atoms with E-state index in [4.69, 9.17) is 0 Å². The van der Waals surface area contributed by atoms with Gasteiger partial charge in [0.25, 0.3) is 0 Å². The lowest BCUT2D eigenvalue weighted by Gasteiger charge is -2.28. The summed E-state index contributed by atoms with van der Waals surface area (Å²) in [5.41, 5.74) is 4.45. The molecule has 0 aliphatic carbocycles.